The van der Waals surface area contributed by atoms with Crippen LogP contribution in [0.25, 0.3) is 0 Å². The average Bonchev–Trinajstić information content (AvgIpc) is 2.78. The highest BCUT2D eigenvalue weighted by Crippen LogP contribution is 2.39. The molecule has 0 aliphatic carbocycles. The van der Waals surface area contributed by atoms with Gasteiger partial charge in [-0.1, -0.05) is 37.1 Å². The molecule has 0 spiro atoms. The number of aromatic nitrogens is 1. The molecule has 0 saturated carbocycles. The minimum Gasteiger partial charge on any atom is -0.443 e. The van der Waals surface area contributed by atoms with E-state index in [4.69, 9.17) is 4.74 Å². The Labute approximate surface area is 204 Å². The van der Waals surface area contributed by atoms with Gasteiger partial charge in [-0.3, -0.25) is 4.90 Å². The topological polar surface area (TPSA) is 79.8 Å². The minimum absolute atomic E-state index is 0.172. The Bertz CT molecular complexity index is 1090. The maximum Gasteiger partial charge on any atom is 0.416 e. The third-order valence-corrected chi connectivity index (χ3v) is 8.03. The lowest BCUT2D eigenvalue weighted by Crippen LogP contribution is -2.44. The molecule has 1 amide bonds. The summed E-state index contributed by atoms with van der Waals surface area (Å²) < 4.78 is 34.6. The van der Waals surface area contributed by atoms with Crippen molar-refractivity contribution in [2.45, 2.75) is 89.8 Å². The number of hydrogen-bond acceptors (Lipinski definition) is 5. The van der Waals surface area contributed by atoms with Crippen LogP contribution in [0.2, 0.25) is 0 Å². The summed E-state index contributed by atoms with van der Waals surface area (Å²) in [6.07, 6.45) is 4.20. The molecule has 34 heavy (non-hydrogen) atoms. The van der Waals surface area contributed by atoms with Gasteiger partial charge in [-0.2, -0.15) is 4.31 Å². The summed E-state index contributed by atoms with van der Waals surface area (Å²) in [4.78, 5) is 19.7. The van der Waals surface area contributed by atoms with Crippen LogP contribution in [0.4, 0.5) is 10.6 Å². The number of piperidine rings is 1. The number of ether oxygens (including phenoxy) is 1. The fourth-order valence-electron chi connectivity index (χ4n) is 4.19. The predicted molar refractivity (Wildman–Crippen MR) is 134 cm³/mol. The molecule has 1 aliphatic heterocycles. The molecular formula is C26H37N3O4S. The quantitative estimate of drug-likeness (QED) is 0.511. The Morgan fingerprint density at radius 2 is 1.88 bits per heavy atom. The van der Waals surface area contributed by atoms with Crippen molar-refractivity contribution in [3.8, 4) is 0 Å². The summed E-state index contributed by atoms with van der Waals surface area (Å²) in [6, 6.07) is 10.0. The van der Waals surface area contributed by atoms with E-state index in [0.717, 1.165) is 24.0 Å². The third kappa shape index (κ3) is 5.78. The van der Waals surface area contributed by atoms with Crippen LogP contribution in [0.1, 0.15) is 77.5 Å². The fourth-order valence-corrected chi connectivity index (χ4v) is 5.86. The zero-order valence-electron chi connectivity index (χ0n) is 21.1. The standard InChI is InChI=1S/C26H37N3O4S/c1-7-20(3)29(25(30)33-26(4,5)6)24-22(11-10-17-27-24)23-12-8-9-18-28(23)34(31,32)21-15-13-19(2)14-16-21/h10-11,13-17,20,23H,7-9,12,18H2,1-6H3/t20-,23-/m1/s1. The second-order valence-electron chi connectivity index (χ2n) is 9.96. The number of amides is 1. The number of carbonyl (C=O) groups is 1. The second-order valence-corrected chi connectivity index (χ2v) is 11.9. The molecule has 0 radical (unpaired) electrons. The Morgan fingerprint density at radius 1 is 1.21 bits per heavy atom. The van der Waals surface area contributed by atoms with Crippen LogP contribution in [-0.4, -0.2) is 42.0 Å². The number of sulfonamides is 1. The molecule has 7 nitrogen and oxygen atoms in total. The number of hydrogen-bond donors (Lipinski definition) is 0. The first-order valence-electron chi connectivity index (χ1n) is 12.0. The van der Waals surface area contributed by atoms with Gasteiger partial charge in [0, 0.05) is 24.3 Å². The summed E-state index contributed by atoms with van der Waals surface area (Å²) in [5.74, 6) is 0.460. The maximum absolute atomic E-state index is 13.7. The normalized spacial score (nSPS) is 18.4. The molecule has 3 rings (SSSR count). The highest BCUT2D eigenvalue weighted by atomic mass is 32.2. The van der Waals surface area contributed by atoms with E-state index in [0.29, 0.717) is 25.2 Å². The van der Waals surface area contributed by atoms with Gasteiger partial charge in [-0.25, -0.2) is 18.2 Å². The van der Waals surface area contributed by atoms with Gasteiger partial charge < -0.3 is 4.74 Å². The number of rotatable bonds is 6. The van der Waals surface area contributed by atoms with Gasteiger partial charge in [-0.05, 0) is 72.1 Å². The second kappa shape index (κ2) is 10.4. The van der Waals surface area contributed by atoms with Crippen molar-refractivity contribution in [2.75, 3.05) is 11.4 Å². The van der Waals surface area contributed by atoms with Crippen molar-refractivity contribution >= 4 is 21.9 Å². The predicted octanol–water partition coefficient (Wildman–Crippen LogP) is 5.85. The van der Waals surface area contributed by atoms with E-state index in [-0.39, 0.29) is 10.9 Å². The van der Waals surface area contributed by atoms with E-state index in [2.05, 4.69) is 4.98 Å². The lowest BCUT2D eigenvalue weighted by Gasteiger charge is -2.38. The van der Waals surface area contributed by atoms with Crippen LogP contribution >= 0.6 is 0 Å². The van der Waals surface area contributed by atoms with Crippen molar-refractivity contribution in [3.63, 3.8) is 0 Å². The third-order valence-electron chi connectivity index (χ3n) is 6.11. The van der Waals surface area contributed by atoms with Crippen molar-refractivity contribution in [2.24, 2.45) is 0 Å². The zero-order chi connectivity index (χ0) is 25.1. The number of pyridine rings is 1. The molecule has 2 heterocycles. The Kier molecular flexibility index (Phi) is 8.03. The molecule has 1 aliphatic rings. The minimum atomic E-state index is -3.72. The van der Waals surface area contributed by atoms with E-state index in [9.17, 15) is 13.2 Å². The molecule has 186 valence electrons. The van der Waals surface area contributed by atoms with Gasteiger partial charge >= 0.3 is 6.09 Å². The summed E-state index contributed by atoms with van der Waals surface area (Å²) in [5, 5.41) is 0. The molecule has 1 aromatic carbocycles. The largest absolute Gasteiger partial charge is 0.443 e. The fraction of sp³-hybridized carbons (Fsp3) is 0.538. The van der Waals surface area contributed by atoms with Gasteiger partial charge in [0.15, 0.2) is 0 Å². The molecule has 2 atom stereocenters. The highest BCUT2D eigenvalue weighted by Gasteiger charge is 2.38. The summed E-state index contributed by atoms with van der Waals surface area (Å²) in [7, 11) is -3.72. The summed E-state index contributed by atoms with van der Waals surface area (Å²) in [6.45, 7) is 11.8. The highest BCUT2D eigenvalue weighted by molar-refractivity contribution is 7.89. The molecule has 1 saturated heterocycles. The molecular weight excluding hydrogens is 450 g/mol. The molecule has 0 bridgehead atoms. The van der Waals surface area contributed by atoms with Crippen molar-refractivity contribution < 1.29 is 17.9 Å². The number of carbonyl (C=O) groups excluding carboxylic acids is 1. The first-order chi connectivity index (χ1) is 16.0. The Morgan fingerprint density at radius 3 is 2.50 bits per heavy atom. The van der Waals surface area contributed by atoms with Gasteiger partial charge in [0.2, 0.25) is 10.0 Å². The summed E-state index contributed by atoms with van der Waals surface area (Å²) in [5.41, 5.74) is 1.07. The van der Waals surface area contributed by atoms with Gasteiger partial charge in [-0.15, -0.1) is 0 Å². The van der Waals surface area contributed by atoms with E-state index in [1.807, 2.05) is 59.7 Å². The number of anilines is 1. The van der Waals surface area contributed by atoms with Gasteiger partial charge in [0.1, 0.15) is 11.4 Å². The SMILES string of the molecule is CC[C@@H](C)N(C(=O)OC(C)(C)C)c1ncccc1[C@H]1CCCCN1S(=O)(=O)c1ccc(C)cc1. The van der Waals surface area contributed by atoms with Gasteiger partial charge in [0.05, 0.1) is 10.9 Å². The van der Waals surface area contributed by atoms with Crippen LogP contribution in [0, 0.1) is 6.92 Å². The van der Waals surface area contributed by atoms with Crippen molar-refractivity contribution in [3.05, 3.63) is 53.7 Å². The van der Waals surface area contributed by atoms with E-state index >= 15 is 0 Å². The average molecular weight is 488 g/mol. The van der Waals surface area contributed by atoms with Crippen LogP contribution < -0.4 is 4.90 Å². The van der Waals surface area contributed by atoms with Crippen molar-refractivity contribution in [1.82, 2.24) is 9.29 Å². The Hall–Kier alpha value is -2.45. The smallest absolute Gasteiger partial charge is 0.416 e. The molecule has 0 N–H and O–H groups in total. The van der Waals surface area contributed by atoms with E-state index < -0.39 is 27.8 Å². The van der Waals surface area contributed by atoms with Crippen LogP contribution in [0.3, 0.4) is 0 Å². The van der Waals surface area contributed by atoms with E-state index in [1.54, 1.807) is 33.6 Å². The number of aryl methyl sites for hydroxylation is 1. The first-order valence-corrected chi connectivity index (χ1v) is 13.5. The van der Waals surface area contributed by atoms with Crippen LogP contribution in [0.5, 0.6) is 0 Å². The van der Waals surface area contributed by atoms with Crippen LogP contribution in [-0.2, 0) is 14.8 Å². The van der Waals surface area contributed by atoms with Gasteiger partial charge in [0.25, 0.3) is 0 Å². The Balaban J connectivity index is 2.08. The summed E-state index contributed by atoms with van der Waals surface area (Å²) >= 11 is 0. The first kappa shape index (κ1) is 26.2. The molecule has 0 unspecified atom stereocenters. The zero-order valence-corrected chi connectivity index (χ0v) is 21.9. The van der Waals surface area contributed by atoms with E-state index in [1.165, 1.54) is 0 Å². The molecule has 1 aromatic heterocycles. The number of benzene rings is 1. The monoisotopic (exact) mass is 487 g/mol. The number of nitrogens with zero attached hydrogens (tertiary/aromatic N) is 3. The van der Waals surface area contributed by atoms with Crippen molar-refractivity contribution in [1.29, 1.82) is 0 Å². The van der Waals surface area contributed by atoms with Crippen LogP contribution in [0.15, 0.2) is 47.5 Å². The maximum atomic E-state index is 13.7. The molecule has 2 aromatic rings. The molecule has 1 fully saturated rings. The lowest BCUT2D eigenvalue weighted by molar-refractivity contribution is 0.0565. The molecule has 8 heteroatoms. The lowest BCUT2D eigenvalue weighted by atomic mass is 9.97.